The molecule has 0 radical (unpaired) electrons. The summed E-state index contributed by atoms with van der Waals surface area (Å²) in [5.41, 5.74) is 17.8. The molecule has 0 saturated heterocycles. The highest BCUT2D eigenvalue weighted by Gasteiger charge is 2.36. The van der Waals surface area contributed by atoms with Crippen molar-refractivity contribution < 1.29 is 4.42 Å². The van der Waals surface area contributed by atoms with E-state index in [9.17, 15) is 0 Å². The minimum absolute atomic E-state index is 0.102. The van der Waals surface area contributed by atoms with E-state index in [-0.39, 0.29) is 5.41 Å². The molecule has 1 heterocycles. The van der Waals surface area contributed by atoms with Gasteiger partial charge in [0.05, 0.1) is 0 Å². The van der Waals surface area contributed by atoms with Crippen LogP contribution in [0, 0.1) is 13.8 Å². The number of hydrogen-bond acceptors (Lipinski definition) is 2. The predicted molar refractivity (Wildman–Crippen MR) is 206 cm³/mol. The summed E-state index contributed by atoms with van der Waals surface area (Å²) in [6.07, 6.45) is 0. The van der Waals surface area contributed by atoms with E-state index in [1.807, 2.05) is 12.1 Å². The van der Waals surface area contributed by atoms with Crippen molar-refractivity contribution in [1.82, 2.24) is 0 Å². The number of benzene rings is 7. The van der Waals surface area contributed by atoms with Gasteiger partial charge in [-0.1, -0.05) is 111 Å². The molecule has 2 nitrogen and oxygen atoms in total. The number of nitrogens with zero attached hydrogens (tertiary/aromatic N) is 1. The van der Waals surface area contributed by atoms with Gasteiger partial charge in [-0.15, -0.1) is 0 Å². The fraction of sp³-hybridized carbons (Fsp3) is 0.106. The summed E-state index contributed by atoms with van der Waals surface area (Å²) in [6.45, 7) is 9.16. The zero-order valence-corrected chi connectivity index (χ0v) is 28.3. The SMILES string of the molecule is Cc1cc(N(c2ccc3c(c2)C(C)(C)c2ccccc2-3)c2ccc3c(c2)oc2ccccc23)c(C)cc1-c1cccc(-c2ccccc2)c1. The fourth-order valence-electron chi connectivity index (χ4n) is 7.96. The minimum Gasteiger partial charge on any atom is -0.456 e. The van der Waals surface area contributed by atoms with Gasteiger partial charge in [0.25, 0.3) is 0 Å². The van der Waals surface area contributed by atoms with Crippen molar-refractivity contribution in [2.24, 2.45) is 0 Å². The van der Waals surface area contributed by atoms with Gasteiger partial charge in [-0.3, -0.25) is 0 Å². The number of hydrogen-bond donors (Lipinski definition) is 0. The lowest BCUT2D eigenvalue weighted by molar-refractivity contribution is 0.660. The highest BCUT2D eigenvalue weighted by atomic mass is 16.3. The number of para-hydroxylation sites is 1. The molecule has 8 aromatic rings. The smallest absolute Gasteiger partial charge is 0.137 e. The molecule has 0 fully saturated rings. The van der Waals surface area contributed by atoms with Gasteiger partial charge in [0.2, 0.25) is 0 Å². The highest BCUT2D eigenvalue weighted by Crippen LogP contribution is 2.51. The van der Waals surface area contributed by atoms with Crippen LogP contribution in [0.25, 0.3) is 55.3 Å². The van der Waals surface area contributed by atoms with Gasteiger partial charge in [0.15, 0.2) is 0 Å². The van der Waals surface area contributed by atoms with Crippen LogP contribution >= 0.6 is 0 Å². The number of furan rings is 1. The molecule has 0 spiro atoms. The zero-order valence-electron chi connectivity index (χ0n) is 28.3. The molecule has 0 N–H and O–H groups in total. The first-order chi connectivity index (χ1) is 23.9. The molecule has 1 aliphatic carbocycles. The Morgan fingerprint density at radius 1 is 0.449 bits per heavy atom. The Morgan fingerprint density at radius 3 is 2.00 bits per heavy atom. The van der Waals surface area contributed by atoms with Crippen molar-refractivity contribution in [2.75, 3.05) is 4.90 Å². The Balaban J connectivity index is 1.22. The van der Waals surface area contributed by atoms with Crippen molar-refractivity contribution >= 4 is 39.0 Å². The quantitative estimate of drug-likeness (QED) is 0.188. The van der Waals surface area contributed by atoms with E-state index in [2.05, 4.69) is 172 Å². The van der Waals surface area contributed by atoms with Crippen LogP contribution in [0.5, 0.6) is 0 Å². The summed E-state index contributed by atoms with van der Waals surface area (Å²) in [5, 5.41) is 2.27. The van der Waals surface area contributed by atoms with E-state index in [1.54, 1.807) is 0 Å². The maximum absolute atomic E-state index is 6.42. The molecule has 9 rings (SSSR count). The molecule has 1 aliphatic rings. The second-order valence-electron chi connectivity index (χ2n) is 13.9. The molecule has 0 aliphatic heterocycles. The van der Waals surface area contributed by atoms with Crippen molar-refractivity contribution in [3.63, 3.8) is 0 Å². The number of fused-ring (bicyclic) bond motifs is 6. The molecule has 0 bridgehead atoms. The Morgan fingerprint density at radius 2 is 1.12 bits per heavy atom. The minimum atomic E-state index is -0.102. The average molecular weight is 632 g/mol. The van der Waals surface area contributed by atoms with E-state index >= 15 is 0 Å². The lowest BCUT2D eigenvalue weighted by Gasteiger charge is -2.30. The van der Waals surface area contributed by atoms with Crippen LogP contribution in [0.15, 0.2) is 156 Å². The van der Waals surface area contributed by atoms with E-state index in [4.69, 9.17) is 4.42 Å². The summed E-state index contributed by atoms with van der Waals surface area (Å²) in [4.78, 5) is 2.42. The topological polar surface area (TPSA) is 16.4 Å². The van der Waals surface area contributed by atoms with E-state index < -0.39 is 0 Å². The normalized spacial score (nSPS) is 13.1. The van der Waals surface area contributed by atoms with Crippen LogP contribution in [-0.4, -0.2) is 0 Å². The van der Waals surface area contributed by atoms with Crippen molar-refractivity contribution in [2.45, 2.75) is 33.1 Å². The predicted octanol–water partition coefficient (Wildman–Crippen LogP) is 13.3. The van der Waals surface area contributed by atoms with Crippen molar-refractivity contribution in [3.05, 3.63) is 174 Å². The Labute approximate surface area is 287 Å². The van der Waals surface area contributed by atoms with Gasteiger partial charge in [0.1, 0.15) is 11.2 Å². The van der Waals surface area contributed by atoms with Crippen LogP contribution in [0.3, 0.4) is 0 Å². The average Bonchev–Trinajstić information content (AvgIpc) is 3.61. The Bertz CT molecular complexity index is 2550. The molecule has 0 unspecified atom stereocenters. The van der Waals surface area contributed by atoms with Gasteiger partial charge in [-0.2, -0.15) is 0 Å². The van der Waals surface area contributed by atoms with Crippen LogP contribution in [0.4, 0.5) is 17.1 Å². The molecular weight excluding hydrogens is 595 g/mol. The maximum Gasteiger partial charge on any atom is 0.137 e. The lowest BCUT2D eigenvalue weighted by Crippen LogP contribution is -2.17. The highest BCUT2D eigenvalue weighted by molar-refractivity contribution is 6.06. The third-order valence-electron chi connectivity index (χ3n) is 10.5. The third kappa shape index (κ3) is 4.70. The molecule has 0 atom stereocenters. The summed E-state index contributed by atoms with van der Waals surface area (Å²) in [6, 6.07) is 55.0. The summed E-state index contributed by atoms with van der Waals surface area (Å²) in [7, 11) is 0. The standard InChI is InChI=1S/C47H37NO/c1-30-26-44(31(2)25-41(30)34-16-12-15-33(27-34)32-13-6-5-7-14-32)48(36-22-24-40-39-18-9-11-20-45(39)49-46(40)29-36)35-21-23-38-37-17-8-10-19-42(37)47(3,4)43(38)28-35/h5-29H,1-4H3. The van der Waals surface area contributed by atoms with Gasteiger partial charge in [0, 0.05) is 39.3 Å². The molecule has 49 heavy (non-hydrogen) atoms. The van der Waals surface area contributed by atoms with Crippen molar-refractivity contribution in [3.8, 4) is 33.4 Å². The van der Waals surface area contributed by atoms with Gasteiger partial charge >= 0.3 is 0 Å². The summed E-state index contributed by atoms with van der Waals surface area (Å²) in [5.74, 6) is 0. The molecule has 7 aromatic carbocycles. The molecule has 236 valence electrons. The molecule has 2 heteroatoms. The Kier molecular flexibility index (Phi) is 6.64. The van der Waals surface area contributed by atoms with Crippen molar-refractivity contribution in [1.29, 1.82) is 0 Å². The monoisotopic (exact) mass is 631 g/mol. The van der Waals surface area contributed by atoms with Crippen LogP contribution < -0.4 is 4.90 Å². The summed E-state index contributed by atoms with van der Waals surface area (Å²) >= 11 is 0. The first-order valence-electron chi connectivity index (χ1n) is 17.1. The second kappa shape index (κ2) is 11.1. The fourth-order valence-corrected chi connectivity index (χ4v) is 7.96. The number of rotatable bonds is 5. The first kappa shape index (κ1) is 29.3. The van der Waals surface area contributed by atoms with Gasteiger partial charge < -0.3 is 9.32 Å². The van der Waals surface area contributed by atoms with Crippen LogP contribution in [0.2, 0.25) is 0 Å². The molecular formula is C47H37NO. The lowest BCUT2D eigenvalue weighted by atomic mass is 9.82. The molecule has 0 saturated carbocycles. The maximum atomic E-state index is 6.42. The van der Waals surface area contributed by atoms with Gasteiger partial charge in [-0.25, -0.2) is 0 Å². The van der Waals surface area contributed by atoms with E-state index in [0.717, 1.165) is 39.0 Å². The van der Waals surface area contributed by atoms with E-state index in [0.29, 0.717) is 0 Å². The zero-order chi connectivity index (χ0) is 33.3. The summed E-state index contributed by atoms with van der Waals surface area (Å²) < 4.78 is 6.42. The van der Waals surface area contributed by atoms with E-state index in [1.165, 1.54) is 55.6 Å². The molecule has 1 aromatic heterocycles. The second-order valence-corrected chi connectivity index (χ2v) is 13.9. The third-order valence-corrected chi connectivity index (χ3v) is 10.5. The largest absolute Gasteiger partial charge is 0.456 e. The number of aryl methyl sites for hydroxylation is 2. The Hall–Kier alpha value is -5.86. The molecule has 0 amide bonds. The van der Waals surface area contributed by atoms with Crippen LogP contribution in [-0.2, 0) is 5.41 Å². The first-order valence-corrected chi connectivity index (χ1v) is 17.1. The number of anilines is 3. The van der Waals surface area contributed by atoms with Gasteiger partial charge in [-0.05, 0) is 118 Å². The van der Waals surface area contributed by atoms with Crippen LogP contribution in [0.1, 0.15) is 36.1 Å².